The van der Waals surface area contributed by atoms with Crippen molar-refractivity contribution in [3.8, 4) is 5.75 Å². The first-order chi connectivity index (χ1) is 7.66. The predicted octanol–water partition coefficient (Wildman–Crippen LogP) is 0.827. The molecule has 0 heterocycles. The monoisotopic (exact) mass is 224 g/mol. The summed E-state index contributed by atoms with van der Waals surface area (Å²) >= 11 is 0. The van der Waals surface area contributed by atoms with Crippen LogP contribution in [0.3, 0.4) is 0 Å². The molecule has 1 saturated carbocycles. The van der Waals surface area contributed by atoms with E-state index in [1.54, 1.807) is 0 Å². The minimum atomic E-state index is -1.63. The van der Waals surface area contributed by atoms with E-state index in [4.69, 9.17) is 14.8 Å². The van der Waals surface area contributed by atoms with Crippen LogP contribution in [-0.4, -0.2) is 23.3 Å². The van der Waals surface area contributed by atoms with Crippen molar-refractivity contribution in [3.63, 3.8) is 0 Å². The van der Waals surface area contributed by atoms with Crippen LogP contribution in [0.2, 0.25) is 0 Å². The van der Waals surface area contributed by atoms with Crippen LogP contribution in [-0.2, 0) is 0 Å². The highest BCUT2D eigenvalue weighted by Gasteiger charge is 2.22. The summed E-state index contributed by atoms with van der Waals surface area (Å²) in [5.41, 5.74) is 0.216. The van der Waals surface area contributed by atoms with Gasteiger partial charge in [0.1, 0.15) is 11.6 Å². The van der Waals surface area contributed by atoms with Crippen molar-refractivity contribution in [3.05, 3.63) is 24.0 Å². The first-order valence-electron chi connectivity index (χ1n) is 5.49. The van der Waals surface area contributed by atoms with E-state index in [1.165, 1.54) is 18.2 Å². The second kappa shape index (κ2) is 4.85. The lowest BCUT2D eigenvalue weighted by Crippen LogP contribution is -2.32. The fourth-order valence-corrected chi connectivity index (χ4v) is 2.01. The SMILES string of the molecule is OB(O)c1ccc(F)cc1OC1CCCC1. The fourth-order valence-electron chi connectivity index (χ4n) is 2.01. The Labute approximate surface area is 94.0 Å². The molecular formula is C11H14BFO3. The molecule has 5 heteroatoms. The Hall–Kier alpha value is -1.07. The second-order valence-corrected chi connectivity index (χ2v) is 4.08. The van der Waals surface area contributed by atoms with Gasteiger partial charge in [0.25, 0.3) is 0 Å². The number of ether oxygens (including phenoxy) is 1. The molecule has 0 amide bonds. The normalized spacial score (nSPS) is 16.4. The molecule has 2 N–H and O–H groups in total. The van der Waals surface area contributed by atoms with Gasteiger partial charge in [0, 0.05) is 11.5 Å². The lowest BCUT2D eigenvalue weighted by molar-refractivity contribution is 0.210. The molecule has 0 aromatic heterocycles. The van der Waals surface area contributed by atoms with Gasteiger partial charge >= 0.3 is 7.12 Å². The zero-order chi connectivity index (χ0) is 11.5. The van der Waals surface area contributed by atoms with E-state index < -0.39 is 12.9 Å². The molecule has 3 nitrogen and oxygen atoms in total. The van der Waals surface area contributed by atoms with Gasteiger partial charge in [0.05, 0.1) is 6.10 Å². The molecule has 0 aliphatic heterocycles. The molecule has 0 unspecified atom stereocenters. The molecule has 1 aliphatic carbocycles. The maximum atomic E-state index is 13.0. The van der Waals surface area contributed by atoms with Crippen LogP contribution in [0.15, 0.2) is 18.2 Å². The van der Waals surface area contributed by atoms with Crippen molar-refractivity contribution >= 4 is 12.6 Å². The maximum absolute atomic E-state index is 13.0. The summed E-state index contributed by atoms with van der Waals surface area (Å²) in [4.78, 5) is 0. The molecule has 86 valence electrons. The average molecular weight is 224 g/mol. The van der Waals surface area contributed by atoms with E-state index in [1.807, 2.05) is 0 Å². The second-order valence-electron chi connectivity index (χ2n) is 4.08. The minimum Gasteiger partial charge on any atom is -0.491 e. The average Bonchev–Trinajstić information content (AvgIpc) is 2.70. The van der Waals surface area contributed by atoms with Gasteiger partial charge in [0.2, 0.25) is 0 Å². The maximum Gasteiger partial charge on any atom is 0.492 e. The smallest absolute Gasteiger partial charge is 0.491 e. The molecule has 16 heavy (non-hydrogen) atoms. The summed E-state index contributed by atoms with van der Waals surface area (Å²) in [7, 11) is -1.63. The largest absolute Gasteiger partial charge is 0.492 e. The fraction of sp³-hybridized carbons (Fsp3) is 0.455. The van der Waals surface area contributed by atoms with E-state index in [0.29, 0.717) is 0 Å². The van der Waals surface area contributed by atoms with Gasteiger partial charge in [-0.1, -0.05) is 6.07 Å². The molecular weight excluding hydrogens is 210 g/mol. The highest BCUT2D eigenvalue weighted by Crippen LogP contribution is 2.23. The molecule has 2 rings (SSSR count). The lowest BCUT2D eigenvalue weighted by Gasteiger charge is -2.16. The Morgan fingerprint density at radius 3 is 2.56 bits per heavy atom. The number of rotatable bonds is 3. The van der Waals surface area contributed by atoms with Crippen LogP contribution >= 0.6 is 0 Å². The molecule has 0 atom stereocenters. The van der Waals surface area contributed by atoms with E-state index >= 15 is 0 Å². The number of hydrogen-bond acceptors (Lipinski definition) is 3. The van der Waals surface area contributed by atoms with Crippen molar-refractivity contribution in [2.75, 3.05) is 0 Å². The Morgan fingerprint density at radius 2 is 1.94 bits per heavy atom. The number of halogens is 1. The minimum absolute atomic E-state index is 0.0688. The first-order valence-corrected chi connectivity index (χ1v) is 5.49. The standard InChI is InChI=1S/C11H14BFO3/c13-8-5-6-10(12(14)15)11(7-8)16-9-3-1-2-4-9/h5-7,9,14-15H,1-4H2. The van der Waals surface area contributed by atoms with E-state index in [-0.39, 0.29) is 17.3 Å². The van der Waals surface area contributed by atoms with Crippen LogP contribution in [0, 0.1) is 5.82 Å². The molecule has 1 aliphatic rings. The topological polar surface area (TPSA) is 49.7 Å². The third kappa shape index (κ3) is 2.54. The van der Waals surface area contributed by atoms with Crippen LogP contribution < -0.4 is 10.2 Å². The predicted molar refractivity (Wildman–Crippen MR) is 59.1 cm³/mol. The third-order valence-corrected chi connectivity index (χ3v) is 2.85. The van der Waals surface area contributed by atoms with E-state index in [9.17, 15) is 4.39 Å². The van der Waals surface area contributed by atoms with Gasteiger partial charge in [-0.2, -0.15) is 0 Å². The van der Waals surface area contributed by atoms with E-state index in [2.05, 4.69) is 0 Å². The van der Waals surface area contributed by atoms with Gasteiger partial charge in [0.15, 0.2) is 0 Å². The number of hydrogen-bond donors (Lipinski definition) is 2. The van der Waals surface area contributed by atoms with Crippen LogP contribution in [0.25, 0.3) is 0 Å². The Balaban J connectivity index is 2.19. The molecule has 1 fully saturated rings. The summed E-state index contributed by atoms with van der Waals surface area (Å²) < 4.78 is 18.6. The molecule has 0 spiro atoms. The summed E-state index contributed by atoms with van der Waals surface area (Å²) in [6.07, 6.45) is 4.17. The summed E-state index contributed by atoms with van der Waals surface area (Å²) in [5.74, 6) is -0.195. The molecule has 0 bridgehead atoms. The molecule has 0 saturated heterocycles. The summed E-state index contributed by atoms with van der Waals surface area (Å²) in [5, 5.41) is 18.2. The highest BCUT2D eigenvalue weighted by molar-refractivity contribution is 6.59. The van der Waals surface area contributed by atoms with Crippen LogP contribution in [0.1, 0.15) is 25.7 Å². The van der Waals surface area contributed by atoms with E-state index in [0.717, 1.165) is 25.7 Å². The van der Waals surface area contributed by atoms with Gasteiger partial charge in [-0.15, -0.1) is 0 Å². The van der Waals surface area contributed by atoms with Gasteiger partial charge in [-0.05, 0) is 31.7 Å². The van der Waals surface area contributed by atoms with Gasteiger partial charge in [-0.25, -0.2) is 4.39 Å². The summed E-state index contributed by atoms with van der Waals surface area (Å²) in [6, 6.07) is 3.73. The van der Waals surface area contributed by atoms with Crippen molar-refractivity contribution in [2.45, 2.75) is 31.8 Å². The zero-order valence-electron chi connectivity index (χ0n) is 8.90. The van der Waals surface area contributed by atoms with Crippen molar-refractivity contribution in [1.82, 2.24) is 0 Å². The van der Waals surface area contributed by atoms with Crippen molar-refractivity contribution in [1.29, 1.82) is 0 Å². The Morgan fingerprint density at radius 1 is 1.25 bits per heavy atom. The van der Waals surface area contributed by atoms with Crippen molar-refractivity contribution in [2.24, 2.45) is 0 Å². The third-order valence-electron chi connectivity index (χ3n) is 2.85. The lowest BCUT2D eigenvalue weighted by atomic mass is 9.79. The highest BCUT2D eigenvalue weighted by atomic mass is 19.1. The van der Waals surface area contributed by atoms with Gasteiger partial charge < -0.3 is 14.8 Å². The molecule has 0 radical (unpaired) electrons. The first kappa shape index (κ1) is 11.4. The molecule has 1 aromatic rings. The Bertz CT molecular complexity index is 364. The molecule has 1 aromatic carbocycles. The zero-order valence-corrected chi connectivity index (χ0v) is 8.90. The summed E-state index contributed by atoms with van der Waals surface area (Å²) in [6.45, 7) is 0. The number of benzene rings is 1. The van der Waals surface area contributed by atoms with Crippen LogP contribution in [0.4, 0.5) is 4.39 Å². The van der Waals surface area contributed by atoms with Gasteiger partial charge in [-0.3, -0.25) is 0 Å². The van der Waals surface area contributed by atoms with Crippen molar-refractivity contribution < 1.29 is 19.2 Å². The quantitative estimate of drug-likeness (QED) is 0.747. The Kier molecular flexibility index (Phi) is 3.46. The van der Waals surface area contributed by atoms with Crippen LogP contribution in [0.5, 0.6) is 5.75 Å².